The van der Waals surface area contributed by atoms with Crippen LogP contribution in [0.25, 0.3) is 10.9 Å². The lowest BCUT2D eigenvalue weighted by Crippen LogP contribution is -2.40. The molecule has 1 fully saturated rings. The molecule has 0 bridgehead atoms. The number of aromatic amines is 1. The van der Waals surface area contributed by atoms with Gasteiger partial charge in [-0.25, -0.2) is 0 Å². The first-order valence-corrected chi connectivity index (χ1v) is 9.95. The van der Waals surface area contributed by atoms with Gasteiger partial charge in [0.1, 0.15) is 0 Å². The van der Waals surface area contributed by atoms with Gasteiger partial charge in [-0.2, -0.15) is 5.10 Å². The van der Waals surface area contributed by atoms with Gasteiger partial charge in [0.2, 0.25) is 5.91 Å². The molecule has 1 aromatic heterocycles. The number of primary amides is 1. The molecule has 2 amide bonds. The van der Waals surface area contributed by atoms with Gasteiger partial charge in [0.25, 0.3) is 11.6 Å². The Balaban J connectivity index is 1.43. The molecule has 1 atom stereocenters. The Labute approximate surface area is 177 Å². The summed E-state index contributed by atoms with van der Waals surface area (Å²) in [7, 11) is 0. The number of nitrogens with one attached hydrogen (secondary N) is 2. The number of nitrogens with zero attached hydrogens (tertiary/aromatic N) is 3. The van der Waals surface area contributed by atoms with E-state index in [1.54, 1.807) is 12.1 Å². The topological polar surface area (TPSA) is 147 Å². The fraction of sp³-hybridized carbons (Fsp3) is 0.286. The van der Waals surface area contributed by atoms with Gasteiger partial charge in [-0.05, 0) is 43.1 Å². The van der Waals surface area contributed by atoms with Crippen LogP contribution >= 0.6 is 0 Å². The zero-order chi connectivity index (χ0) is 22.0. The molecular weight excluding hydrogens is 400 g/mol. The second kappa shape index (κ2) is 8.52. The highest BCUT2D eigenvalue weighted by molar-refractivity contribution is 6.11. The molecule has 10 nitrogen and oxygen atoms in total. The number of hydrogen-bond donors (Lipinski definition) is 3. The summed E-state index contributed by atoms with van der Waals surface area (Å²) < 4.78 is 0. The first kappa shape index (κ1) is 20.5. The molecule has 3 aromatic rings. The van der Waals surface area contributed by atoms with Gasteiger partial charge in [-0.3, -0.25) is 29.7 Å². The van der Waals surface area contributed by atoms with Crippen LogP contribution in [0.5, 0.6) is 0 Å². The Kier molecular flexibility index (Phi) is 5.63. The van der Waals surface area contributed by atoms with Crippen molar-refractivity contribution < 1.29 is 14.5 Å². The number of nitro groups is 1. The second-order valence-corrected chi connectivity index (χ2v) is 7.69. The van der Waals surface area contributed by atoms with Gasteiger partial charge in [0, 0.05) is 36.3 Å². The monoisotopic (exact) mass is 422 g/mol. The molecule has 4 rings (SSSR count). The van der Waals surface area contributed by atoms with E-state index in [9.17, 15) is 19.7 Å². The number of nitro benzene ring substituents is 1. The summed E-state index contributed by atoms with van der Waals surface area (Å²) in [5.41, 5.74) is 7.61. The van der Waals surface area contributed by atoms with Crippen LogP contribution in [-0.2, 0) is 11.3 Å². The number of rotatable bonds is 6. The molecule has 2 aromatic carbocycles. The maximum atomic E-state index is 12.7. The molecule has 160 valence electrons. The van der Waals surface area contributed by atoms with Gasteiger partial charge in [-0.1, -0.05) is 12.1 Å². The molecule has 0 radical (unpaired) electrons. The maximum Gasteiger partial charge on any atom is 0.276 e. The summed E-state index contributed by atoms with van der Waals surface area (Å²) in [5, 5.41) is 20.9. The molecule has 2 heterocycles. The van der Waals surface area contributed by atoms with E-state index in [0.29, 0.717) is 29.7 Å². The molecule has 31 heavy (non-hydrogen) atoms. The fourth-order valence-corrected chi connectivity index (χ4v) is 3.86. The number of likely N-dealkylation sites (tertiary alicyclic amines) is 1. The molecule has 0 saturated carbocycles. The standard InChI is InChI=1S/C21H22N6O4/c22-20(28)14-2-1-9-26(12-14)11-13-3-5-15(6-4-13)23-21(29)19-17-10-16(27(30)31)7-8-18(17)24-25-19/h3-8,10,14H,1-2,9,11-12H2,(H2,22,28)(H,23,29)(H,24,25). The number of carbonyl (C=O) groups is 2. The number of fused-ring (bicyclic) bond motifs is 1. The predicted octanol–water partition coefficient (Wildman–Crippen LogP) is 2.42. The average molecular weight is 422 g/mol. The van der Waals surface area contributed by atoms with Crippen molar-refractivity contribution in [3.63, 3.8) is 0 Å². The zero-order valence-electron chi connectivity index (χ0n) is 16.7. The number of anilines is 1. The molecule has 0 aliphatic carbocycles. The maximum absolute atomic E-state index is 12.7. The zero-order valence-corrected chi connectivity index (χ0v) is 16.7. The SMILES string of the molecule is NC(=O)C1CCCN(Cc2ccc(NC(=O)c3n[nH]c4ccc([N+](=O)[O-])cc34)cc2)C1. The third-order valence-electron chi connectivity index (χ3n) is 5.50. The van der Waals surface area contributed by atoms with E-state index in [0.717, 1.165) is 24.9 Å². The summed E-state index contributed by atoms with van der Waals surface area (Å²) in [6, 6.07) is 11.6. The number of amides is 2. The van der Waals surface area contributed by atoms with Crippen LogP contribution < -0.4 is 11.1 Å². The lowest BCUT2D eigenvalue weighted by molar-refractivity contribution is -0.384. The number of non-ortho nitro benzene ring substituents is 1. The number of carbonyl (C=O) groups excluding carboxylic acids is 2. The highest BCUT2D eigenvalue weighted by Gasteiger charge is 2.24. The van der Waals surface area contributed by atoms with Crippen molar-refractivity contribution in [2.45, 2.75) is 19.4 Å². The molecular formula is C21H22N6O4. The first-order chi connectivity index (χ1) is 14.9. The van der Waals surface area contributed by atoms with E-state index in [1.807, 2.05) is 12.1 Å². The Morgan fingerprint density at radius 3 is 2.74 bits per heavy atom. The number of benzene rings is 2. The highest BCUT2D eigenvalue weighted by Crippen LogP contribution is 2.23. The summed E-state index contributed by atoms with van der Waals surface area (Å²) in [6.07, 6.45) is 1.78. The summed E-state index contributed by atoms with van der Waals surface area (Å²) >= 11 is 0. The molecule has 1 aliphatic rings. The Morgan fingerprint density at radius 1 is 1.26 bits per heavy atom. The molecule has 1 unspecified atom stereocenters. The minimum atomic E-state index is -0.513. The molecule has 1 aliphatic heterocycles. The fourth-order valence-electron chi connectivity index (χ4n) is 3.86. The number of H-pyrrole nitrogens is 1. The summed E-state index contributed by atoms with van der Waals surface area (Å²) in [5.74, 6) is -0.814. The molecule has 10 heteroatoms. The van der Waals surface area contributed by atoms with Crippen molar-refractivity contribution in [2.24, 2.45) is 11.7 Å². The first-order valence-electron chi connectivity index (χ1n) is 9.95. The van der Waals surface area contributed by atoms with Gasteiger partial charge >= 0.3 is 0 Å². The quantitative estimate of drug-likeness (QED) is 0.410. The van der Waals surface area contributed by atoms with Crippen LogP contribution in [0.2, 0.25) is 0 Å². The van der Waals surface area contributed by atoms with Crippen LogP contribution in [-0.4, -0.2) is 44.9 Å². The number of hydrogen-bond acceptors (Lipinski definition) is 6. The third-order valence-corrected chi connectivity index (χ3v) is 5.50. The smallest absolute Gasteiger partial charge is 0.276 e. The van der Waals surface area contributed by atoms with E-state index in [2.05, 4.69) is 20.4 Å². The molecule has 4 N–H and O–H groups in total. The van der Waals surface area contributed by atoms with Crippen molar-refractivity contribution in [1.82, 2.24) is 15.1 Å². The second-order valence-electron chi connectivity index (χ2n) is 7.69. The van der Waals surface area contributed by atoms with Crippen molar-refractivity contribution in [1.29, 1.82) is 0 Å². The number of aromatic nitrogens is 2. The molecule has 0 spiro atoms. The van der Waals surface area contributed by atoms with Crippen LogP contribution in [0.15, 0.2) is 42.5 Å². The third kappa shape index (κ3) is 4.53. The minimum Gasteiger partial charge on any atom is -0.369 e. The highest BCUT2D eigenvalue weighted by atomic mass is 16.6. The van der Waals surface area contributed by atoms with Crippen molar-refractivity contribution >= 4 is 34.1 Å². The van der Waals surface area contributed by atoms with Crippen molar-refractivity contribution in [2.75, 3.05) is 18.4 Å². The minimum absolute atomic E-state index is 0.0913. The van der Waals surface area contributed by atoms with E-state index >= 15 is 0 Å². The lowest BCUT2D eigenvalue weighted by Gasteiger charge is -2.31. The van der Waals surface area contributed by atoms with E-state index < -0.39 is 10.8 Å². The van der Waals surface area contributed by atoms with Crippen LogP contribution in [0, 0.1) is 16.0 Å². The van der Waals surface area contributed by atoms with Crippen molar-refractivity contribution in [3.05, 3.63) is 63.8 Å². The Hall–Kier alpha value is -3.79. The van der Waals surface area contributed by atoms with Crippen LogP contribution in [0.1, 0.15) is 28.9 Å². The summed E-state index contributed by atoms with van der Waals surface area (Å²) in [4.78, 5) is 36.8. The van der Waals surface area contributed by atoms with E-state index in [4.69, 9.17) is 5.73 Å². The van der Waals surface area contributed by atoms with Crippen LogP contribution in [0.4, 0.5) is 11.4 Å². The normalized spacial score (nSPS) is 16.8. The van der Waals surface area contributed by atoms with Gasteiger partial charge in [0.15, 0.2) is 5.69 Å². The van der Waals surface area contributed by atoms with E-state index in [1.165, 1.54) is 18.2 Å². The number of piperidine rings is 1. The molecule has 1 saturated heterocycles. The number of nitrogens with two attached hydrogens (primary N) is 1. The van der Waals surface area contributed by atoms with Gasteiger partial charge in [0.05, 0.1) is 16.4 Å². The largest absolute Gasteiger partial charge is 0.369 e. The van der Waals surface area contributed by atoms with Crippen molar-refractivity contribution in [3.8, 4) is 0 Å². The average Bonchev–Trinajstić information content (AvgIpc) is 3.18. The van der Waals surface area contributed by atoms with E-state index in [-0.39, 0.29) is 23.2 Å². The summed E-state index contributed by atoms with van der Waals surface area (Å²) in [6.45, 7) is 2.28. The van der Waals surface area contributed by atoms with Gasteiger partial charge < -0.3 is 11.1 Å². The lowest BCUT2D eigenvalue weighted by atomic mass is 9.97. The van der Waals surface area contributed by atoms with Crippen LogP contribution in [0.3, 0.4) is 0 Å². The Morgan fingerprint density at radius 2 is 2.03 bits per heavy atom. The predicted molar refractivity (Wildman–Crippen MR) is 114 cm³/mol. The van der Waals surface area contributed by atoms with Gasteiger partial charge in [-0.15, -0.1) is 0 Å². The Bertz CT molecular complexity index is 1140.